The number of benzene rings is 1. The van der Waals surface area contributed by atoms with Gasteiger partial charge in [0.2, 0.25) is 5.78 Å². The topological polar surface area (TPSA) is 155 Å². The van der Waals surface area contributed by atoms with Gasteiger partial charge in [0.15, 0.2) is 28.5 Å². The molecule has 1 aromatic carbocycles. The second kappa shape index (κ2) is 8.93. The molecule has 13 heteroatoms. The predicted octanol–water partition coefficient (Wildman–Crippen LogP) is 3.31. The van der Waals surface area contributed by atoms with Gasteiger partial charge in [-0.15, -0.1) is 0 Å². The zero-order valence-corrected chi connectivity index (χ0v) is 19.9. The average molecular weight is 623 g/mol. The third kappa shape index (κ3) is 4.72. The number of carboxylic acid groups (broad SMARTS) is 1. The number of hydrogen-bond acceptors (Lipinski definition) is 9. The number of oxime groups is 2. The Morgan fingerprint density at radius 1 is 1.16 bits per heavy atom. The molecule has 3 N–H and O–H groups in total. The number of carbonyl (C=O) groups is 3. The molecule has 10 nitrogen and oxygen atoms in total. The van der Waals surface area contributed by atoms with E-state index in [4.69, 9.17) is 25.0 Å². The zero-order valence-electron chi connectivity index (χ0n) is 15.1. The summed E-state index contributed by atoms with van der Waals surface area (Å²) < 4.78 is 11.9. The lowest BCUT2D eigenvalue weighted by Gasteiger charge is -2.25. The monoisotopic (exact) mass is 620 g/mol. The van der Waals surface area contributed by atoms with Gasteiger partial charge in [0.05, 0.1) is 13.4 Å². The lowest BCUT2D eigenvalue weighted by atomic mass is 9.92. The number of halogens is 3. The first-order valence-electron chi connectivity index (χ1n) is 8.29. The molecule has 31 heavy (non-hydrogen) atoms. The molecule has 1 aromatic rings. The Morgan fingerprint density at radius 3 is 2.32 bits per heavy atom. The van der Waals surface area contributed by atoms with Crippen LogP contribution in [0.1, 0.15) is 12.0 Å². The maximum absolute atomic E-state index is 12.6. The summed E-state index contributed by atoms with van der Waals surface area (Å²) in [5, 5.41) is 32.4. The van der Waals surface area contributed by atoms with Crippen LogP contribution in [0, 0.1) is 0 Å². The lowest BCUT2D eigenvalue weighted by Crippen LogP contribution is -2.30. The summed E-state index contributed by atoms with van der Waals surface area (Å²) >= 11 is 9.75. The molecule has 1 saturated heterocycles. The van der Waals surface area contributed by atoms with Crippen molar-refractivity contribution in [1.82, 2.24) is 0 Å². The van der Waals surface area contributed by atoms with Crippen LogP contribution in [-0.4, -0.2) is 50.3 Å². The first kappa shape index (κ1) is 23.2. The molecule has 0 amide bonds. The standard InChI is InChI=1S/C18H11Br3N2O8/c19-8-1-7(3-11(22-28)16(25)26)2-9(20)15(8)30-13-6-18(4-10(21)14(13)24)5-12(23-29)17(27)31-18/h1-2,4,6,28-29H,3,5H2,(H,25,26)/b22-11+,23-12-. The van der Waals surface area contributed by atoms with Crippen molar-refractivity contribution in [2.75, 3.05) is 0 Å². The Hall–Kier alpha value is -2.51. The van der Waals surface area contributed by atoms with E-state index in [-0.39, 0.29) is 34.5 Å². The fourth-order valence-corrected chi connectivity index (χ4v) is 4.94. The zero-order chi connectivity index (χ0) is 22.9. The van der Waals surface area contributed by atoms with Gasteiger partial charge < -0.3 is 25.0 Å². The number of carbonyl (C=O) groups excluding carboxylic acids is 2. The van der Waals surface area contributed by atoms with Crippen LogP contribution in [-0.2, 0) is 25.5 Å². The SMILES string of the molecule is O=C1C(Br)=CC2(C=C1Oc1c(Br)cc(C/C(=N\O)C(=O)O)cc1Br)C/C(=N/O)C(=O)O2. The van der Waals surface area contributed by atoms with E-state index in [1.807, 2.05) is 0 Å². The van der Waals surface area contributed by atoms with E-state index in [2.05, 4.69) is 58.1 Å². The summed E-state index contributed by atoms with van der Waals surface area (Å²) in [6, 6.07) is 3.07. The number of carboxylic acids is 1. The van der Waals surface area contributed by atoms with Gasteiger partial charge in [0.1, 0.15) is 0 Å². The van der Waals surface area contributed by atoms with E-state index in [9.17, 15) is 14.4 Å². The number of allylic oxidation sites excluding steroid dienone is 1. The number of nitrogens with zero attached hydrogens (tertiary/aromatic N) is 2. The largest absolute Gasteiger partial charge is 0.477 e. The van der Waals surface area contributed by atoms with Crippen LogP contribution in [0.25, 0.3) is 0 Å². The molecule has 0 aromatic heterocycles. The molecule has 0 saturated carbocycles. The molecule has 162 valence electrons. The van der Waals surface area contributed by atoms with Gasteiger partial charge in [-0.2, -0.15) is 0 Å². The Labute approximate surface area is 199 Å². The molecule has 3 rings (SSSR count). The highest BCUT2D eigenvalue weighted by Gasteiger charge is 2.46. The van der Waals surface area contributed by atoms with Crippen molar-refractivity contribution >= 4 is 76.9 Å². The Bertz CT molecular complexity index is 1100. The fourth-order valence-electron chi connectivity index (χ4n) is 2.91. The van der Waals surface area contributed by atoms with E-state index in [1.165, 1.54) is 24.3 Å². The maximum atomic E-state index is 12.6. The van der Waals surface area contributed by atoms with E-state index in [0.717, 1.165) is 0 Å². The Balaban J connectivity index is 1.93. The first-order valence-corrected chi connectivity index (χ1v) is 10.7. The van der Waals surface area contributed by atoms with Gasteiger partial charge in [-0.25, -0.2) is 9.59 Å². The summed E-state index contributed by atoms with van der Waals surface area (Å²) in [6.45, 7) is 0. The van der Waals surface area contributed by atoms with Crippen LogP contribution >= 0.6 is 47.8 Å². The van der Waals surface area contributed by atoms with E-state index in [0.29, 0.717) is 14.5 Å². The van der Waals surface area contributed by atoms with Crippen molar-refractivity contribution in [1.29, 1.82) is 0 Å². The molecule has 0 radical (unpaired) electrons. The van der Waals surface area contributed by atoms with Gasteiger partial charge in [-0.05, 0) is 71.6 Å². The van der Waals surface area contributed by atoms with Crippen molar-refractivity contribution in [3.8, 4) is 5.75 Å². The van der Waals surface area contributed by atoms with E-state index in [1.54, 1.807) is 0 Å². The van der Waals surface area contributed by atoms with Gasteiger partial charge in [0.25, 0.3) is 0 Å². The van der Waals surface area contributed by atoms with Gasteiger partial charge in [-0.1, -0.05) is 10.3 Å². The normalized spacial score (nSPS) is 22.4. The highest BCUT2D eigenvalue weighted by Crippen LogP contribution is 2.40. The van der Waals surface area contributed by atoms with E-state index < -0.39 is 29.0 Å². The highest BCUT2D eigenvalue weighted by atomic mass is 79.9. The number of Topliss-reactive ketones (excluding diaryl/α,β-unsaturated/α-hetero) is 1. The molecule has 0 bridgehead atoms. The molecular formula is C18H11Br3N2O8. The van der Waals surface area contributed by atoms with E-state index >= 15 is 0 Å². The maximum Gasteiger partial charge on any atom is 0.357 e. The van der Waals surface area contributed by atoms with Gasteiger partial charge >= 0.3 is 11.9 Å². The lowest BCUT2D eigenvalue weighted by molar-refractivity contribution is -0.139. The molecule has 1 spiro atoms. The predicted molar refractivity (Wildman–Crippen MR) is 116 cm³/mol. The minimum Gasteiger partial charge on any atom is -0.477 e. The number of aliphatic carboxylic acids is 1. The number of ether oxygens (including phenoxy) is 2. The van der Waals surface area contributed by atoms with Crippen molar-refractivity contribution in [2.45, 2.75) is 18.4 Å². The molecule has 1 unspecified atom stereocenters. The molecule has 1 aliphatic carbocycles. The van der Waals surface area contributed by atoms with Crippen molar-refractivity contribution in [2.24, 2.45) is 10.3 Å². The summed E-state index contributed by atoms with van der Waals surface area (Å²) in [5.74, 6) is -2.67. The van der Waals surface area contributed by atoms with Crippen LogP contribution in [0.15, 0.2) is 53.8 Å². The molecule has 1 fully saturated rings. The average Bonchev–Trinajstić information content (AvgIpc) is 3.00. The molecule has 1 heterocycles. The summed E-state index contributed by atoms with van der Waals surface area (Å²) in [5.41, 5.74) is -1.53. The highest BCUT2D eigenvalue weighted by molar-refractivity contribution is 9.12. The minimum atomic E-state index is -1.37. The summed E-state index contributed by atoms with van der Waals surface area (Å²) in [7, 11) is 0. The molecule has 1 atom stereocenters. The van der Waals surface area contributed by atoms with Crippen molar-refractivity contribution in [3.63, 3.8) is 0 Å². The first-order chi connectivity index (χ1) is 14.6. The van der Waals surface area contributed by atoms with Crippen LogP contribution in [0.3, 0.4) is 0 Å². The van der Waals surface area contributed by atoms with Crippen LogP contribution < -0.4 is 4.74 Å². The quantitative estimate of drug-likeness (QED) is 0.196. The summed E-state index contributed by atoms with van der Waals surface area (Å²) in [6.07, 6.45) is 2.43. The Kier molecular flexibility index (Phi) is 6.67. The van der Waals surface area contributed by atoms with Gasteiger partial charge in [0, 0.05) is 18.9 Å². The molecule has 2 aliphatic rings. The smallest absolute Gasteiger partial charge is 0.357 e. The molecule has 1 aliphatic heterocycles. The van der Waals surface area contributed by atoms with Gasteiger partial charge in [-0.3, -0.25) is 4.79 Å². The number of esters is 1. The number of ketones is 1. The minimum absolute atomic E-state index is 0.0890. The van der Waals surface area contributed by atoms with Crippen LogP contribution in [0.2, 0.25) is 0 Å². The summed E-state index contributed by atoms with van der Waals surface area (Å²) in [4.78, 5) is 35.5. The third-order valence-electron chi connectivity index (χ3n) is 4.28. The third-order valence-corrected chi connectivity index (χ3v) is 6.05. The van der Waals surface area contributed by atoms with Crippen molar-refractivity contribution in [3.05, 3.63) is 49.0 Å². The fraction of sp³-hybridized carbons (Fsp3) is 0.167. The van der Waals surface area contributed by atoms with Crippen LogP contribution in [0.4, 0.5) is 0 Å². The second-order valence-corrected chi connectivity index (χ2v) is 8.98. The van der Waals surface area contributed by atoms with Crippen LogP contribution in [0.5, 0.6) is 5.75 Å². The Morgan fingerprint density at radius 2 is 1.81 bits per heavy atom. The number of hydrogen-bond donors (Lipinski definition) is 3. The second-order valence-electron chi connectivity index (χ2n) is 6.42. The van der Waals surface area contributed by atoms with Crippen molar-refractivity contribution < 1.29 is 39.4 Å². The molecular weight excluding hydrogens is 612 g/mol. The number of rotatable bonds is 5.